The van der Waals surface area contributed by atoms with Crippen LogP contribution in [0.5, 0.6) is 5.75 Å². The monoisotopic (exact) mass is 444 g/mol. The fraction of sp³-hybridized carbons (Fsp3) is 0.0833. The number of hydrogen-bond acceptors (Lipinski definition) is 6. The van der Waals surface area contributed by atoms with E-state index in [9.17, 15) is 8.42 Å². The highest BCUT2D eigenvalue weighted by atomic mass is 32.2. The Morgan fingerprint density at radius 3 is 2.12 bits per heavy atom. The van der Waals surface area contributed by atoms with E-state index in [2.05, 4.69) is 4.98 Å². The summed E-state index contributed by atoms with van der Waals surface area (Å²) in [4.78, 5) is 9.49. The van der Waals surface area contributed by atoms with Crippen molar-refractivity contribution in [1.82, 2.24) is 14.5 Å². The van der Waals surface area contributed by atoms with Crippen LogP contribution in [0.1, 0.15) is 5.56 Å². The Kier molecular flexibility index (Phi) is 4.60. The van der Waals surface area contributed by atoms with Crippen molar-refractivity contribution in [1.29, 1.82) is 0 Å². The van der Waals surface area contributed by atoms with Crippen LogP contribution in [0.15, 0.2) is 82.6 Å². The number of hydrogen-bond donors (Lipinski definition) is 1. The fourth-order valence-electron chi connectivity index (χ4n) is 3.73. The van der Waals surface area contributed by atoms with Crippen LogP contribution in [0.3, 0.4) is 0 Å². The Morgan fingerprint density at radius 2 is 1.50 bits per heavy atom. The van der Waals surface area contributed by atoms with E-state index in [-0.39, 0.29) is 21.1 Å². The molecule has 0 saturated heterocycles. The van der Waals surface area contributed by atoms with Gasteiger partial charge in [-0.25, -0.2) is 18.4 Å². The molecule has 3 aromatic carbocycles. The first kappa shape index (κ1) is 20.0. The topological polar surface area (TPSA) is 100 Å². The number of nitrogens with zero attached hydrogens (tertiary/aromatic N) is 3. The molecule has 0 amide bonds. The molecule has 5 aromatic rings. The van der Waals surface area contributed by atoms with Crippen LogP contribution < -0.4 is 10.5 Å². The van der Waals surface area contributed by atoms with Gasteiger partial charge in [0, 0.05) is 5.69 Å². The van der Waals surface area contributed by atoms with Gasteiger partial charge in [0.25, 0.3) is 0 Å². The third kappa shape index (κ3) is 3.07. The molecule has 0 aliphatic heterocycles. The smallest absolute Gasteiger partial charge is 0.212 e. The second kappa shape index (κ2) is 7.35. The van der Waals surface area contributed by atoms with E-state index in [1.807, 2.05) is 25.1 Å². The summed E-state index contributed by atoms with van der Waals surface area (Å²) in [5.41, 5.74) is 9.97. The second-order valence-corrected chi connectivity index (χ2v) is 9.34. The van der Waals surface area contributed by atoms with Crippen molar-refractivity contribution in [2.75, 3.05) is 12.8 Å². The molecular formula is C24H20N4O3S. The summed E-state index contributed by atoms with van der Waals surface area (Å²) >= 11 is 0. The number of anilines is 1. The van der Waals surface area contributed by atoms with Crippen LogP contribution in [-0.4, -0.2) is 30.1 Å². The van der Waals surface area contributed by atoms with E-state index < -0.39 is 9.84 Å². The molecule has 8 heteroatoms. The summed E-state index contributed by atoms with van der Waals surface area (Å²) in [5.74, 6) is 0.730. The lowest BCUT2D eigenvalue weighted by molar-refractivity contribution is 0.415. The molecule has 0 aliphatic carbocycles. The van der Waals surface area contributed by atoms with Gasteiger partial charge in [0.1, 0.15) is 22.0 Å². The largest absolute Gasteiger partial charge is 0.497 e. The van der Waals surface area contributed by atoms with Crippen LogP contribution in [0.25, 0.3) is 27.9 Å². The average Bonchev–Trinajstić information content (AvgIpc) is 3.09. The molecule has 0 atom stereocenters. The van der Waals surface area contributed by atoms with E-state index in [0.717, 1.165) is 5.56 Å². The number of fused-ring (bicyclic) bond motifs is 2. The molecule has 2 aromatic heterocycles. The van der Waals surface area contributed by atoms with E-state index in [0.29, 0.717) is 28.1 Å². The Labute approximate surface area is 185 Å². The summed E-state index contributed by atoms with van der Waals surface area (Å²) in [6.45, 7) is 1.90. The van der Waals surface area contributed by atoms with Gasteiger partial charge in [0.15, 0.2) is 5.65 Å². The van der Waals surface area contributed by atoms with Crippen molar-refractivity contribution in [2.24, 2.45) is 0 Å². The number of methoxy groups -OCH3 is 1. The van der Waals surface area contributed by atoms with E-state index in [1.165, 1.54) is 0 Å². The highest BCUT2D eigenvalue weighted by molar-refractivity contribution is 7.92. The third-order valence-corrected chi connectivity index (χ3v) is 7.22. The number of sulfone groups is 1. The number of nitrogens with two attached hydrogens (primary N) is 1. The van der Waals surface area contributed by atoms with Gasteiger partial charge in [0.05, 0.1) is 23.0 Å². The maximum Gasteiger partial charge on any atom is 0.212 e. The van der Waals surface area contributed by atoms with E-state index >= 15 is 0 Å². The summed E-state index contributed by atoms with van der Waals surface area (Å²) in [5, 5.41) is 0. The maximum absolute atomic E-state index is 13.7. The Morgan fingerprint density at radius 1 is 0.875 bits per heavy atom. The standard InChI is InChI=1S/C24H20N4O3S/c1-15-7-13-18(14-8-15)32(29,30)22-21-24(27-20-6-4-3-5-19(20)26-21)28(23(22)25)16-9-11-17(31-2)12-10-16/h3-14H,25H2,1-2H3. The predicted molar refractivity (Wildman–Crippen MR) is 124 cm³/mol. The minimum Gasteiger partial charge on any atom is -0.497 e. The van der Waals surface area contributed by atoms with Gasteiger partial charge in [-0.3, -0.25) is 4.57 Å². The molecule has 0 unspecified atom stereocenters. The highest BCUT2D eigenvalue weighted by Gasteiger charge is 2.30. The van der Waals surface area contributed by atoms with Gasteiger partial charge in [-0.05, 0) is 55.5 Å². The molecule has 0 fully saturated rings. The molecule has 0 bridgehead atoms. The quantitative estimate of drug-likeness (QED) is 0.443. The molecule has 160 valence electrons. The van der Waals surface area contributed by atoms with Gasteiger partial charge in [-0.2, -0.15) is 0 Å². The zero-order valence-corrected chi connectivity index (χ0v) is 18.3. The normalized spacial score (nSPS) is 11.8. The van der Waals surface area contributed by atoms with Crippen molar-refractivity contribution >= 4 is 37.9 Å². The minimum atomic E-state index is -3.95. The van der Waals surface area contributed by atoms with Crippen molar-refractivity contribution in [3.05, 3.63) is 78.4 Å². The van der Waals surface area contributed by atoms with Gasteiger partial charge < -0.3 is 10.5 Å². The lowest BCUT2D eigenvalue weighted by Gasteiger charge is -2.09. The number of rotatable bonds is 4. The van der Waals surface area contributed by atoms with Gasteiger partial charge in [0.2, 0.25) is 9.84 Å². The molecule has 0 spiro atoms. The zero-order valence-electron chi connectivity index (χ0n) is 17.5. The van der Waals surface area contributed by atoms with Gasteiger partial charge in [-0.1, -0.05) is 29.8 Å². The number of nitrogen functional groups attached to an aromatic ring is 1. The lowest BCUT2D eigenvalue weighted by atomic mass is 10.2. The van der Waals surface area contributed by atoms with Crippen molar-refractivity contribution < 1.29 is 13.2 Å². The van der Waals surface area contributed by atoms with Gasteiger partial charge in [-0.15, -0.1) is 0 Å². The number of aryl methyl sites for hydroxylation is 1. The molecule has 5 rings (SSSR count). The number of para-hydroxylation sites is 2. The van der Waals surface area contributed by atoms with E-state index in [1.54, 1.807) is 66.3 Å². The summed E-state index contributed by atoms with van der Waals surface area (Å²) in [6, 6.07) is 21.2. The first-order valence-corrected chi connectivity index (χ1v) is 11.4. The molecule has 0 aliphatic rings. The van der Waals surface area contributed by atoms with E-state index in [4.69, 9.17) is 15.5 Å². The van der Waals surface area contributed by atoms with Crippen LogP contribution in [0, 0.1) is 6.92 Å². The average molecular weight is 445 g/mol. The molecule has 0 radical (unpaired) electrons. The van der Waals surface area contributed by atoms with Crippen molar-refractivity contribution in [2.45, 2.75) is 16.7 Å². The summed E-state index contributed by atoms with van der Waals surface area (Å²) in [7, 11) is -2.37. The number of benzene rings is 3. The first-order valence-electron chi connectivity index (χ1n) is 9.93. The Hall–Kier alpha value is -3.91. The third-order valence-electron chi connectivity index (χ3n) is 5.38. The van der Waals surface area contributed by atoms with Gasteiger partial charge >= 0.3 is 0 Å². The lowest BCUT2D eigenvalue weighted by Crippen LogP contribution is -2.07. The highest BCUT2D eigenvalue weighted by Crippen LogP contribution is 2.37. The van der Waals surface area contributed by atoms with Crippen LogP contribution in [-0.2, 0) is 9.84 Å². The predicted octanol–water partition coefficient (Wildman–Crippen LogP) is 4.31. The Balaban J connectivity index is 1.87. The van der Waals surface area contributed by atoms with Crippen molar-refractivity contribution in [3.8, 4) is 11.4 Å². The fourth-order valence-corrected chi connectivity index (χ4v) is 5.22. The molecule has 0 saturated carbocycles. The van der Waals surface area contributed by atoms with Crippen molar-refractivity contribution in [3.63, 3.8) is 0 Å². The molecular weight excluding hydrogens is 424 g/mol. The van der Waals surface area contributed by atoms with Crippen LogP contribution in [0.4, 0.5) is 5.82 Å². The minimum absolute atomic E-state index is 0.0505. The molecule has 32 heavy (non-hydrogen) atoms. The molecule has 2 N–H and O–H groups in total. The summed E-state index contributed by atoms with van der Waals surface area (Å²) in [6.07, 6.45) is 0. The number of ether oxygens (including phenoxy) is 1. The van der Waals surface area contributed by atoms with Crippen LogP contribution >= 0.6 is 0 Å². The number of aromatic nitrogens is 3. The molecule has 7 nitrogen and oxygen atoms in total. The Bertz CT molecular complexity index is 1570. The second-order valence-electron chi connectivity index (χ2n) is 7.45. The zero-order chi connectivity index (χ0) is 22.5. The summed E-state index contributed by atoms with van der Waals surface area (Å²) < 4.78 is 34.2. The first-order chi connectivity index (χ1) is 15.4. The maximum atomic E-state index is 13.7. The molecule has 2 heterocycles. The SMILES string of the molecule is COc1ccc(-n2c(N)c(S(=O)(=O)c3ccc(C)cc3)c3nc4ccccc4nc32)cc1. The van der Waals surface area contributed by atoms with Crippen LogP contribution in [0.2, 0.25) is 0 Å².